The molecular weight excluding hydrogens is 328 g/mol. The van der Waals surface area contributed by atoms with E-state index in [1.807, 2.05) is 60.7 Å². The second kappa shape index (κ2) is 8.34. The third-order valence-corrected chi connectivity index (χ3v) is 4.00. The molecule has 0 unspecified atom stereocenters. The third-order valence-electron chi connectivity index (χ3n) is 4.00. The van der Waals surface area contributed by atoms with Gasteiger partial charge in [-0.2, -0.15) is 0 Å². The summed E-state index contributed by atoms with van der Waals surface area (Å²) in [5.74, 6) is 1.62. The molecule has 0 aliphatic heterocycles. The van der Waals surface area contributed by atoms with E-state index in [2.05, 4.69) is 24.3 Å². The SMILES string of the molecule is CC(C)c1ccc(OCC(=O)NCc2cc(-c3ccccc3)on2)cc1. The lowest BCUT2D eigenvalue weighted by Gasteiger charge is -2.09. The Bertz CT molecular complexity index is 839. The van der Waals surface area contributed by atoms with Gasteiger partial charge >= 0.3 is 0 Å². The molecule has 0 fully saturated rings. The molecule has 3 aromatic rings. The predicted octanol–water partition coefficient (Wildman–Crippen LogP) is 4.16. The van der Waals surface area contributed by atoms with Crippen LogP contribution in [0.15, 0.2) is 65.2 Å². The standard InChI is InChI=1S/C21H22N2O3/c1-15(2)16-8-10-19(11-9-16)25-14-21(24)22-13-18-12-20(26-23-18)17-6-4-3-5-7-17/h3-12,15H,13-14H2,1-2H3,(H,22,24). The van der Waals surface area contributed by atoms with Crippen LogP contribution < -0.4 is 10.1 Å². The monoisotopic (exact) mass is 350 g/mol. The number of hydrogen-bond donors (Lipinski definition) is 1. The van der Waals surface area contributed by atoms with Crippen molar-refractivity contribution < 1.29 is 14.1 Å². The maximum Gasteiger partial charge on any atom is 0.258 e. The van der Waals surface area contributed by atoms with Crippen molar-refractivity contribution in [2.45, 2.75) is 26.3 Å². The van der Waals surface area contributed by atoms with Gasteiger partial charge in [-0.3, -0.25) is 4.79 Å². The Morgan fingerprint density at radius 3 is 2.54 bits per heavy atom. The third kappa shape index (κ3) is 4.72. The van der Waals surface area contributed by atoms with Crippen molar-refractivity contribution in [3.8, 4) is 17.1 Å². The minimum Gasteiger partial charge on any atom is -0.484 e. The topological polar surface area (TPSA) is 64.4 Å². The minimum absolute atomic E-state index is 0.0373. The predicted molar refractivity (Wildman–Crippen MR) is 99.8 cm³/mol. The molecule has 2 aromatic carbocycles. The lowest BCUT2D eigenvalue weighted by Crippen LogP contribution is -2.28. The second-order valence-corrected chi connectivity index (χ2v) is 6.34. The number of benzene rings is 2. The van der Waals surface area contributed by atoms with Gasteiger partial charge in [-0.1, -0.05) is 61.5 Å². The number of nitrogens with zero attached hydrogens (tertiary/aromatic N) is 1. The first-order chi connectivity index (χ1) is 12.6. The van der Waals surface area contributed by atoms with Gasteiger partial charge in [0.1, 0.15) is 11.4 Å². The van der Waals surface area contributed by atoms with Crippen molar-refractivity contribution >= 4 is 5.91 Å². The number of nitrogens with one attached hydrogen (secondary N) is 1. The molecule has 134 valence electrons. The summed E-state index contributed by atoms with van der Waals surface area (Å²) in [5, 5.41) is 6.76. The van der Waals surface area contributed by atoms with E-state index < -0.39 is 0 Å². The number of hydrogen-bond acceptors (Lipinski definition) is 4. The first kappa shape index (κ1) is 17.7. The summed E-state index contributed by atoms with van der Waals surface area (Å²) >= 11 is 0. The van der Waals surface area contributed by atoms with Crippen LogP contribution in [0, 0.1) is 0 Å². The molecule has 0 radical (unpaired) electrons. The van der Waals surface area contributed by atoms with Gasteiger partial charge in [-0.25, -0.2) is 0 Å². The summed E-state index contributed by atoms with van der Waals surface area (Å²) in [5.41, 5.74) is 2.85. The molecular formula is C21H22N2O3. The van der Waals surface area contributed by atoms with Crippen LogP contribution in [0.5, 0.6) is 5.75 Å². The fourth-order valence-corrected chi connectivity index (χ4v) is 2.47. The fourth-order valence-electron chi connectivity index (χ4n) is 2.47. The molecule has 0 atom stereocenters. The molecule has 1 heterocycles. The highest BCUT2D eigenvalue weighted by Crippen LogP contribution is 2.20. The smallest absolute Gasteiger partial charge is 0.258 e. The van der Waals surface area contributed by atoms with Crippen molar-refractivity contribution in [2.75, 3.05) is 6.61 Å². The van der Waals surface area contributed by atoms with E-state index in [9.17, 15) is 4.79 Å². The molecule has 5 heteroatoms. The summed E-state index contributed by atoms with van der Waals surface area (Å²) in [6.45, 7) is 4.53. The van der Waals surface area contributed by atoms with Gasteiger partial charge in [0.2, 0.25) is 0 Å². The highest BCUT2D eigenvalue weighted by Gasteiger charge is 2.08. The van der Waals surface area contributed by atoms with Gasteiger partial charge in [-0.15, -0.1) is 0 Å². The highest BCUT2D eigenvalue weighted by molar-refractivity contribution is 5.77. The molecule has 26 heavy (non-hydrogen) atoms. The van der Waals surface area contributed by atoms with Gasteiger partial charge in [0.15, 0.2) is 12.4 Å². The van der Waals surface area contributed by atoms with E-state index in [1.165, 1.54) is 5.56 Å². The number of rotatable bonds is 7. The molecule has 0 saturated carbocycles. The molecule has 1 amide bonds. The maximum absolute atomic E-state index is 11.9. The Hall–Kier alpha value is -3.08. The second-order valence-electron chi connectivity index (χ2n) is 6.34. The quantitative estimate of drug-likeness (QED) is 0.695. The minimum atomic E-state index is -0.206. The normalized spacial score (nSPS) is 10.7. The largest absolute Gasteiger partial charge is 0.484 e. The van der Waals surface area contributed by atoms with Crippen molar-refractivity contribution in [1.82, 2.24) is 10.5 Å². The molecule has 0 aliphatic carbocycles. The number of ether oxygens (including phenoxy) is 1. The summed E-state index contributed by atoms with van der Waals surface area (Å²) in [7, 11) is 0. The van der Waals surface area contributed by atoms with Crippen molar-refractivity contribution in [3.63, 3.8) is 0 Å². The molecule has 3 rings (SSSR count). The van der Waals surface area contributed by atoms with Crippen molar-refractivity contribution in [3.05, 3.63) is 71.9 Å². The molecule has 1 N–H and O–H groups in total. The van der Waals surface area contributed by atoms with Crippen LogP contribution in [0.4, 0.5) is 0 Å². The van der Waals surface area contributed by atoms with Crippen LogP contribution in [0.3, 0.4) is 0 Å². The molecule has 0 saturated heterocycles. The Kier molecular flexibility index (Phi) is 5.69. The molecule has 0 aliphatic rings. The average Bonchev–Trinajstić information content (AvgIpc) is 3.15. The summed E-state index contributed by atoms with van der Waals surface area (Å²) in [6, 6.07) is 19.3. The average molecular weight is 350 g/mol. The van der Waals surface area contributed by atoms with Gasteiger partial charge in [0, 0.05) is 11.6 Å². The molecule has 0 spiro atoms. The number of aromatic nitrogens is 1. The van der Waals surface area contributed by atoms with Gasteiger partial charge in [0.25, 0.3) is 5.91 Å². The number of amides is 1. The fraction of sp³-hybridized carbons (Fsp3) is 0.238. The lowest BCUT2D eigenvalue weighted by atomic mass is 10.0. The summed E-state index contributed by atoms with van der Waals surface area (Å²) < 4.78 is 10.8. The van der Waals surface area contributed by atoms with E-state index in [0.29, 0.717) is 29.7 Å². The number of carbonyl (C=O) groups excluding carboxylic acids is 1. The number of carbonyl (C=O) groups is 1. The molecule has 1 aromatic heterocycles. The summed E-state index contributed by atoms with van der Waals surface area (Å²) in [6.07, 6.45) is 0. The van der Waals surface area contributed by atoms with E-state index >= 15 is 0 Å². The van der Waals surface area contributed by atoms with Crippen LogP contribution in [-0.2, 0) is 11.3 Å². The van der Waals surface area contributed by atoms with Crippen LogP contribution in [-0.4, -0.2) is 17.7 Å². The summed E-state index contributed by atoms with van der Waals surface area (Å²) in [4.78, 5) is 11.9. The van der Waals surface area contributed by atoms with Crippen LogP contribution in [0.2, 0.25) is 0 Å². The van der Waals surface area contributed by atoms with Gasteiger partial charge < -0.3 is 14.6 Å². The maximum atomic E-state index is 11.9. The van der Waals surface area contributed by atoms with E-state index in [1.54, 1.807) is 0 Å². The first-order valence-electron chi connectivity index (χ1n) is 8.62. The Morgan fingerprint density at radius 1 is 1.12 bits per heavy atom. The Labute approximate surface area is 153 Å². The molecule has 5 nitrogen and oxygen atoms in total. The zero-order valence-corrected chi connectivity index (χ0v) is 14.9. The lowest BCUT2D eigenvalue weighted by molar-refractivity contribution is -0.123. The van der Waals surface area contributed by atoms with Gasteiger partial charge in [0.05, 0.1) is 6.54 Å². The Morgan fingerprint density at radius 2 is 1.85 bits per heavy atom. The van der Waals surface area contributed by atoms with Gasteiger partial charge in [-0.05, 0) is 23.6 Å². The first-order valence-corrected chi connectivity index (χ1v) is 8.62. The Balaban J connectivity index is 1.46. The van der Waals surface area contributed by atoms with E-state index in [-0.39, 0.29) is 12.5 Å². The zero-order valence-electron chi connectivity index (χ0n) is 14.9. The van der Waals surface area contributed by atoms with Crippen LogP contribution in [0.1, 0.15) is 31.0 Å². The van der Waals surface area contributed by atoms with E-state index in [4.69, 9.17) is 9.26 Å². The van der Waals surface area contributed by atoms with Crippen LogP contribution in [0.25, 0.3) is 11.3 Å². The van der Waals surface area contributed by atoms with Crippen molar-refractivity contribution in [1.29, 1.82) is 0 Å². The van der Waals surface area contributed by atoms with Crippen molar-refractivity contribution in [2.24, 2.45) is 0 Å². The highest BCUT2D eigenvalue weighted by atomic mass is 16.5. The molecule has 0 bridgehead atoms. The van der Waals surface area contributed by atoms with Crippen LogP contribution >= 0.6 is 0 Å². The van der Waals surface area contributed by atoms with E-state index in [0.717, 1.165) is 5.56 Å². The zero-order chi connectivity index (χ0) is 18.4.